The molecule has 1 saturated carbocycles. The van der Waals surface area contributed by atoms with E-state index in [1.165, 1.54) is 31.0 Å². The minimum Gasteiger partial charge on any atom is -0.475 e. The Morgan fingerprint density at radius 1 is 1.25 bits per heavy atom. The molecule has 0 amide bonds. The molecule has 0 bridgehead atoms. The minimum atomic E-state index is 0.340. The summed E-state index contributed by atoms with van der Waals surface area (Å²) >= 11 is 6.59. The molecule has 16 heavy (non-hydrogen) atoms. The first-order valence-electron chi connectivity index (χ1n) is 5.73. The lowest BCUT2D eigenvalue weighted by atomic mass is 9.98. The first kappa shape index (κ1) is 14.2. The summed E-state index contributed by atoms with van der Waals surface area (Å²) < 4.78 is 16.5. The number of hydrogen-bond donors (Lipinski definition) is 0. The van der Waals surface area contributed by atoms with E-state index in [2.05, 4.69) is 0 Å². The highest BCUT2D eigenvalue weighted by molar-refractivity contribution is 8.22. The van der Waals surface area contributed by atoms with Crippen LogP contribution < -0.4 is 0 Å². The summed E-state index contributed by atoms with van der Waals surface area (Å²) in [7, 11) is 1.66. The maximum atomic E-state index is 5.68. The Kier molecular flexibility index (Phi) is 8.19. The molecule has 5 heteroatoms. The molecule has 1 aliphatic rings. The Morgan fingerprint density at radius 2 is 2.00 bits per heavy atom. The molecule has 3 nitrogen and oxygen atoms in total. The van der Waals surface area contributed by atoms with Gasteiger partial charge in [0.1, 0.15) is 12.0 Å². The molecule has 0 saturated heterocycles. The molecular formula is C11H20O3S2. The second-order valence-corrected chi connectivity index (χ2v) is 5.32. The Morgan fingerprint density at radius 3 is 2.69 bits per heavy atom. The van der Waals surface area contributed by atoms with Crippen LogP contribution in [-0.2, 0) is 14.2 Å². The number of hydrogen-bond acceptors (Lipinski definition) is 5. The molecule has 1 fully saturated rings. The topological polar surface area (TPSA) is 27.7 Å². The molecule has 0 N–H and O–H groups in total. The van der Waals surface area contributed by atoms with Crippen molar-refractivity contribution in [3.8, 4) is 0 Å². The second kappa shape index (κ2) is 9.22. The van der Waals surface area contributed by atoms with Gasteiger partial charge in [-0.15, -0.1) is 0 Å². The maximum absolute atomic E-state index is 5.68. The van der Waals surface area contributed by atoms with Crippen LogP contribution in [0.15, 0.2) is 0 Å². The van der Waals surface area contributed by atoms with E-state index < -0.39 is 0 Å². The van der Waals surface area contributed by atoms with E-state index in [4.69, 9.17) is 26.4 Å². The molecule has 0 radical (unpaired) electrons. The Labute approximate surface area is 107 Å². The summed E-state index contributed by atoms with van der Waals surface area (Å²) in [6.45, 7) is 1.23. The highest BCUT2D eigenvalue weighted by atomic mass is 32.2. The largest absolute Gasteiger partial charge is 0.475 e. The van der Waals surface area contributed by atoms with E-state index in [1.54, 1.807) is 7.11 Å². The molecule has 0 aromatic carbocycles. The Bertz CT molecular complexity index is 194. The molecule has 0 aromatic rings. The van der Waals surface area contributed by atoms with Crippen LogP contribution in [0.4, 0.5) is 0 Å². The van der Waals surface area contributed by atoms with Gasteiger partial charge in [-0.3, -0.25) is 0 Å². The Balaban J connectivity index is 1.97. The van der Waals surface area contributed by atoms with Crippen molar-refractivity contribution < 1.29 is 14.2 Å². The van der Waals surface area contributed by atoms with E-state index in [9.17, 15) is 0 Å². The number of methoxy groups -OCH3 is 1. The maximum Gasteiger partial charge on any atom is 0.222 e. The van der Waals surface area contributed by atoms with E-state index >= 15 is 0 Å². The van der Waals surface area contributed by atoms with Gasteiger partial charge >= 0.3 is 0 Å². The summed E-state index contributed by atoms with van der Waals surface area (Å²) in [4.78, 5) is 0. The average Bonchev–Trinajstić information content (AvgIpc) is 2.30. The van der Waals surface area contributed by atoms with Crippen LogP contribution in [0.3, 0.4) is 0 Å². The number of thiocarbonyl (C=S) groups is 1. The summed E-state index contributed by atoms with van der Waals surface area (Å²) in [5.74, 6) is 0.551. The van der Waals surface area contributed by atoms with Crippen molar-refractivity contribution in [2.45, 2.75) is 38.2 Å². The van der Waals surface area contributed by atoms with Crippen LogP contribution >= 0.6 is 24.0 Å². The van der Waals surface area contributed by atoms with E-state index in [-0.39, 0.29) is 0 Å². The van der Waals surface area contributed by atoms with E-state index in [0.717, 1.165) is 12.8 Å². The minimum absolute atomic E-state index is 0.340. The van der Waals surface area contributed by atoms with Crippen molar-refractivity contribution in [3.63, 3.8) is 0 Å². The fourth-order valence-corrected chi connectivity index (χ4v) is 2.43. The number of thioether (sulfide) groups is 1. The molecule has 94 valence electrons. The number of ether oxygens (including phenoxy) is 3. The summed E-state index contributed by atoms with van der Waals surface area (Å²) in [6.07, 6.45) is 6.49. The molecule has 0 spiro atoms. The van der Waals surface area contributed by atoms with Crippen LogP contribution in [-0.4, -0.2) is 36.7 Å². The zero-order valence-electron chi connectivity index (χ0n) is 9.78. The molecule has 0 heterocycles. The van der Waals surface area contributed by atoms with Gasteiger partial charge in [0.05, 0.1) is 13.2 Å². The lowest BCUT2D eigenvalue weighted by Gasteiger charge is -2.22. The van der Waals surface area contributed by atoms with Crippen LogP contribution in [0.5, 0.6) is 0 Å². The fourth-order valence-electron chi connectivity index (χ4n) is 1.64. The second-order valence-electron chi connectivity index (χ2n) is 3.79. The molecule has 0 atom stereocenters. The molecule has 1 aliphatic carbocycles. The first-order chi connectivity index (χ1) is 7.83. The Hall–Kier alpha value is 0.160. The van der Waals surface area contributed by atoms with Gasteiger partial charge in [0.2, 0.25) is 4.38 Å². The van der Waals surface area contributed by atoms with E-state index in [1.807, 2.05) is 0 Å². The lowest BCUT2D eigenvalue weighted by Crippen LogP contribution is -2.18. The predicted molar refractivity (Wildman–Crippen MR) is 70.8 cm³/mol. The third kappa shape index (κ3) is 6.68. The molecule has 0 aliphatic heterocycles. The van der Waals surface area contributed by atoms with Gasteiger partial charge in [-0.05, 0) is 49.7 Å². The van der Waals surface area contributed by atoms with Crippen molar-refractivity contribution in [1.82, 2.24) is 0 Å². The lowest BCUT2D eigenvalue weighted by molar-refractivity contribution is 0.0952. The van der Waals surface area contributed by atoms with Gasteiger partial charge in [-0.1, -0.05) is 6.42 Å². The predicted octanol–water partition coefficient (Wildman–Crippen LogP) is 2.97. The monoisotopic (exact) mass is 264 g/mol. The number of rotatable bonds is 6. The van der Waals surface area contributed by atoms with Crippen LogP contribution in [0.1, 0.15) is 32.1 Å². The highest BCUT2D eigenvalue weighted by Crippen LogP contribution is 2.22. The van der Waals surface area contributed by atoms with Crippen molar-refractivity contribution in [2.24, 2.45) is 0 Å². The van der Waals surface area contributed by atoms with Gasteiger partial charge in [-0.25, -0.2) is 0 Å². The van der Waals surface area contributed by atoms with Crippen molar-refractivity contribution in [3.05, 3.63) is 0 Å². The van der Waals surface area contributed by atoms with Gasteiger partial charge in [-0.2, -0.15) is 0 Å². The summed E-state index contributed by atoms with van der Waals surface area (Å²) in [5.41, 5.74) is 0. The first-order valence-corrected chi connectivity index (χ1v) is 7.12. The van der Waals surface area contributed by atoms with Gasteiger partial charge in [0.15, 0.2) is 0 Å². The quantitative estimate of drug-likeness (QED) is 0.418. The zero-order valence-corrected chi connectivity index (χ0v) is 11.4. The van der Waals surface area contributed by atoms with Gasteiger partial charge < -0.3 is 14.2 Å². The molecular weight excluding hydrogens is 244 g/mol. The normalized spacial score (nSPS) is 17.3. The smallest absolute Gasteiger partial charge is 0.222 e. The zero-order chi connectivity index (χ0) is 11.6. The van der Waals surface area contributed by atoms with E-state index in [0.29, 0.717) is 29.6 Å². The van der Waals surface area contributed by atoms with Gasteiger partial charge in [0, 0.05) is 7.11 Å². The summed E-state index contributed by atoms with van der Waals surface area (Å²) in [6, 6.07) is 0. The highest BCUT2D eigenvalue weighted by Gasteiger charge is 2.15. The third-order valence-electron chi connectivity index (χ3n) is 2.51. The standard InChI is InChI=1S/C11H20O3S2/c1-12-7-8-13-9-16-11(15)14-10-5-3-2-4-6-10/h10H,2-9H2,1H3. The van der Waals surface area contributed by atoms with Crippen LogP contribution in [0.2, 0.25) is 0 Å². The van der Waals surface area contributed by atoms with Crippen molar-refractivity contribution in [2.75, 3.05) is 26.3 Å². The van der Waals surface area contributed by atoms with Crippen LogP contribution in [0, 0.1) is 0 Å². The average molecular weight is 264 g/mol. The molecule has 1 rings (SSSR count). The van der Waals surface area contributed by atoms with Crippen molar-refractivity contribution in [1.29, 1.82) is 0 Å². The molecule has 0 unspecified atom stereocenters. The fraction of sp³-hybridized carbons (Fsp3) is 0.909. The van der Waals surface area contributed by atoms with Crippen LogP contribution in [0.25, 0.3) is 0 Å². The van der Waals surface area contributed by atoms with Gasteiger partial charge in [0.25, 0.3) is 0 Å². The van der Waals surface area contributed by atoms with Crippen molar-refractivity contribution >= 4 is 28.4 Å². The molecule has 0 aromatic heterocycles. The third-order valence-corrected chi connectivity index (χ3v) is 3.57. The SMILES string of the molecule is COCCOCSC(=S)OC1CCCCC1. The summed E-state index contributed by atoms with van der Waals surface area (Å²) in [5, 5.41) is 0.